The maximum atomic E-state index is 13.0. The molecule has 88 valence electrons. The van der Waals surface area contributed by atoms with Crippen LogP contribution in [0.3, 0.4) is 0 Å². The van der Waals surface area contributed by atoms with Crippen LogP contribution in [0.4, 0.5) is 8.78 Å². The van der Waals surface area contributed by atoms with Crippen molar-refractivity contribution in [3.05, 3.63) is 45.8 Å². The van der Waals surface area contributed by atoms with Gasteiger partial charge in [-0.05, 0) is 6.07 Å². The second-order valence-electron chi connectivity index (χ2n) is 3.54. The van der Waals surface area contributed by atoms with Crippen molar-refractivity contribution in [3.63, 3.8) is 0 Å². The Morgan fingerprint density at radius 2 is 1.88 bits per heavy atom. The van der Waals surface area contributed by atoms with Crippen molar-refractivity contribution in [2.75, 3.05) is 0 Å². The molecule has 0 spiro atoms. The number of rotatable bonds is 2. The summed E-state index contributed by atoms with van der Waals surface area (Å²) in [5, 5.41) is 8.56. The van der Waals surface area contributed by atoms with Crippen LogP contribution < -0.4 is 5.43 Å². The Labute approximate surface area is 93.5 Å². The van der Waals surface area contributed by atoms with Crippen LogP contribution in [0.2, 0.25) is 0 Å². The number of aromatic amines is 1. The predicted molar refractivity (Wildman–Crippen MR) is 55.8 cm³/mol. The van der Waals surface area contributed by atoms with Gasteiger partial charge in [0, 0.05) is 23.2 Å². The molecule has 0 aliphatic rings. The van der Waals surface area contributed by atoms with E-state index in [1.807, 2.05) is 0 Å². The van der Waals surface area contributed by atoms with Gasteiger partial charge in [0.15, 0.2) is 17.1 Å². The number of nitrogens with one attached hydrogen (secondary N) is 1. The summed E-state index contributed by atoms with van der Waals surface area (Å²) in [4.78, 5) is 24.6. The van der Waals surface area contributed by atoms with E-state index in [2.05, 4.69) is 4.98 Å². The fraction of sp³-hybridized carbons (Fsp3) is 0.0909. The third kappa shape index (κ3) is 2.15. The Balaban J connectivity index is 2.69. The Kier molecular flexibility index (Phi) is 2.63. The molecule has 0 bridgehead atoms. The van der Waals surface area contributed by atoms with Crippen molar-refractivity contribution < 1.29 is 18.7 Å². The zero-order valence-corrected chi connectivity index (χ0v) is 8.46. The smallest absolute Gasteiger partial charge is 0.309 e. The first kappa shape index (κ1) is 11.3. The summed E-state index contributed by atoms with van der Waals surface area (Å²) in [6, 6.07) is 2.68. The lowest BCUT2D eigenvalue weighted by Gasteiger charge is -2.02. The number of carboxylic acids is 1. The molecule has 2 aromatic rings. The second-order valence-corrected chi connectivity index (χ2v) is 3.54. The average Bonchev–Trinajstić information content (AvgIpc) is 2.20. The number of hydrogen-bond acceptors (Lipinski definition) is 2. The molecule has 2 N–H and O–H groups in total. The minimum Gasteiger partial charge on any atom is -0.481 e. The molecule has 0 aliphatic heterocycles. The van der Waals surface area contributed by atoms with Gasteiger partial charge in [-0.15, -0.1) is 0 Å². The van der Waals surface area contributed by atoms with E-state index in [4.69, 9.17) is 5.11 Å². The summed E-state index contributed by atoms with van der Waals surface area (Å²) in [5.74, 6) is -3.34. The van der Waals surface area contributed by atoms with Gasteiger partial charge in [0.2, 0.25) is 0 Å². The standard InChI is InChI=1S/C11H7F2NO3/c12-7-3-6-9(4-8(7)13)14-5(1-10(6)15)2-11(16)17/h1,3-4H,2H2,(H,14,15)(H,16,17). The number of carboxylic acid groups (broad SMARTS) is 1. The molecular formula is C11H7F2NO3. The first-order chi connectivity index (χ1) is 7.97. The van der Waals surface area contributed by atoms with Gasteiger partial charge in [-0.1, -0.05) is 0 Å². The molecule has 0 radical (unpaired) electrons. The van der Waals surface area contributed by atoms with Gasteiger partial charge in [-0.3, -0.25) is 9.59 Å². The zero-order chi connectivity index (χ0) is 12.6. The zero-order valence-electron chi connectivity index (χ0n) is 8.46. The molecule has 1 aromatic carbocycles. The highest BCUT2D eigenvalue weighted by molar-refractivity contribution is 5.79. The van der Waals surface area contributed by atoms with Crippen molar-refractivity contribution >= 4 is 16.9 Å². The van der Waals surface area contributed by atoms with E-state index in [-0.39, 0.29) is 23.0 Å². The van der Waals surface area contributed by atoms with Gasteiger partial charge < -0.3 is 10.1 Å². The monoisotopic (exact) mass is 239 g/mol. The molecular weight excluding hydrogens is 232 g/mol. The normalized spacial score (nSPS) is 10.7. The van der Waals surface area contributed by atoms with Crippen LogP contribution in [-0.2, 0) is 11.2 Å². The summed E-state index contributed by atoms with van der Waals surface area (Å²) in [6.45, 7) is 0. The third-order valence-electron chi connectivity index (χ3n) is 2.27. The minimum absolute atomic E-state index is 0.0157. The number of benzene rings is 1. The van der Waals surface area contributed by atoms with Crippen LogP contribution in [0, 0.1) is 11.6 Å². The van der Waals surface area contributed by atoms with Gasteiger partial charge in [-0.25, -0.2) is 8.78 Å². The highest BCUT2D eigenvalue weighted by Gasteiger charge is 2.09. The number of halogens is 2. The van der Waals surface area contributed by atoms with Gasteiger partial charge in [-0.2, -0.15) is 0 Å². The Morgan fingerprint density at radius 3 is 2.53 bits per heavy atom. The van der Waals surface area contributed by atoms with Crippen LogP contribution in [0.15, 0.2) is 23.0 Å². The fourth-order valence-electron chi connectivity index (χ4n) is 1.56. The highest BCUT2D eigenvalue weighted by atomic mass is 19.2. The molecule has 6 heteroatoms. The van der Waals surface area contributed by atoms with Gasteiger partial charge in [0.1, 0.15) is 0 Å². The molecule has 0 fully saturated rings. The highest BCUT2D eigenvalue weighted by Crippen LogP contribution is 2.14. The van der Waals surface area contributed by atoms with Gasteiger partial charge >= 0.3 is 5.97 Å². The topological polar surface area (TPSA) is 70.2 Å². The molecule has 0 saturated carbocycles. The average molecular weight is 239 g/mol. The quantitative estimate of drug-likeness (QED) is 0.832. The lowest BCUT2D eigenvalue weighted by molar-refractivity contribution is -0.136. The second kappa shape index (κ2) is 3.97. The largest absolute Gasteiger partial charge is 0.481 e. The van der Waals surface area contributed by atoms with Crippen molar-refractivity contribution in [1.82, 2.24) is 4.98 Å². The van der Waals surface area contributed by atoms with E-state index in [0.717, 1.165) is 18.2 Å². The van der Waals surface area contributed by atoms with Crippen LogP contribution in [0.1, 0.15) is 5.69 Å². The lowest BCUT2D eigenvalue weighted by Crippen LogP contribution is -2.09. The van der Waals surface area contributed by atoms with Crippen molar-refractivity contribution in [2.45, 2.75) is 6.42 Å². The summed E-state index contributed by atoms with van der Waals surface area (Å²) in [5.41, 5.74) is -0.331. The summed E-state index contributed by atoms with van der Waals surface area (Å²) >= 11 is 0. The Morgan fingerprint density at radius 1 is 1.24 bits per heavy atom. The summed E-state index contributed by atoms with van der Waals surface area (Å²) < 4.78 is 25.9. The van der Waals surface area contributed by atoms with Crippen LogP contribution in [0.5, 0.6) is 0 Å². The van der Waals surface area contributed by atoms with E-state index < -0.39 is 23.0 Å². The van der Waals surface area contributed by atoms with E-state index >= 15 is 0 Å². The molecule has 1 heterocycles. The van der Waals surface area contributed by atoms with E-state index in [0.29, 0.717) is 0 Å². The summed E-state index contributed by atoms with van der Waals surface area (Å²) in [7, 11) is 0. The first-order valence-corrected chi connectivity index (χ1v) is 4.70. The molecule has 0 saturated heterocycles. The van der Waals surface area contributed by atoms with Gasteiger partial charge in [0.25, 0.3) is 0 Å². The molecule has 0 amide bonds. The number of fused-ring (bicyclic) bond motifs is 1. The van der Waals surface area contributed by atoms with Crippen LogP contribution >= 0.6 is 0 Å². The lowest BCUT2D eigenvalue weighted by atomic mass is 10.1. The number of H-pyrrole nitrogens is 1. The van der Waals surface area contributed by atoms with E-state index in [1.54, 1.807) is 0 Å². The number of carbonyl (C=O) groups is 1. The molecule has 2 rings (SSSR count). The molecule has 4 nitrogen and oxygen atoms in total. The third-order valence-corrected chi connectivity index (χ3v) is 2.27. The van der Waals surface area contributed by atoms with E-state index in [9.17, 15) is 18.4 Å². The van der Waals surface area contributed by atoms with Crippen LogP contribution in [-0.4, -0.2) is 16.1 Å². The first-order valence-electron chi connectivity index (χ1n) is 4.70. The number of aromatic nitrogens is 1. The van der Waals surface area contributed by atoms with Crippen LogP contribution in [0.25, 0.3) is 10.9 Å². The summed E-state index contributed by atoms with van der Waals surface area (Å²) in [6.07, 6.45) is -0.385. The molecule has 0 atom stereocenters. The maximum absolute atomic E-state index is 13.0. The molecule has 0 aliphatic carbocycles. The number of hydrogen-bond donors (Lipinski definition) is 2. The maximum Gasteiger partial charge on any atom is 0.309 e. The number of aliphatic carboxylic acids is 1. The SMILES string of the molecule is O=C(O)Cc1cc(=O)c2cc(F)c(F)cc2[nH]1. The molecule has 0 unspecified atom stereocenters. The van der Waals surface area contributed by atoms with Crippen molar-refractivity contribution in [1.29, 1.82) is 0 Å². The number of pyridine rings is 1. The van der Waals surface area contributed by atoms with E-state index in [1.165, 1.54) is 0 Å². The fourth-order valence-corrected chi connectivity index (χ4v) is 1.56. The Bertz CT molecular complexity index is 664. The molecule has 17 heavy (non-hydrogen) atoms. The van der Waals surface area contributed by atoms with Crippen molar-refractivity contribution in [3.8, 4) is 0 Å². The van der Waals surface area contributed by atoms with Crippen molar-refractivity contribution in [2.24, 2.45) is 0 Å². The minimum atomic E-state index is -1.12. The van der Waals surface area contributed by atoms with Gasteiger partial charge in [0.05, 0.1) is 11.9 Å². The Hall–Kier alpha value is -2.24. The molecule has 1 aromatic heterocycles. The predicted octanol–water partition coefficient (Wildman–Crippen LogP) is 1.43.